The van der Waals surface area contributed by atoms with Crippen molar-refractivity contribution < 1.29 is 18.7 Å². The van der Waals surface area contributed by atoms with Gasteiger partial charge in [-0.1, -0.05) is 42.5 Å². The van der Waals surface area contributed by atoms with E-state index >= 15 is 0 Å². The lowest BCUT2D eigenvalue weighted by Gasteiger charge is -2.38. The van der Waals surface area contributed by atoms with E-state index in [9.17, 15) is 14.0 Å². The second kappa shape index (κ2) is 8.18. The Morgan fingerprint density at radius 1 is 1.07 bits per heavy atom. The zero-order valence-corrected chi connectivity index (χ0v) is 15.6. The summed E-state index contributed by atoms with van der Waals surface area (Å²) in [6.45, 7) is 1.05. The number of H-pyrrole nitrogens is 1. The Morgan fingerprint density at radius 3 is 2.52 bits per heavy atom. The van der Waals surface area contributed by atoms with Crippen LogP contribution in [0, 0.1) is 5.82 Å². The summed E-state index contributed by atoms with van der Waals surface area (Å²) in [7, 11) is 0. The first-order chi connectivity index (χ1) is 14.1. The van der Waals surface area contributed by atoms with Crippen LogP contribution < -0.4 is 5.32 Å². The predicted octanol–water partition coefficient (Wildman–Crippen LogP) is 3.57. The zero-order chi connectivity index (χ0) is 20.2. The van der Waals surface area contributed by atoms with Crippen molar-refractivity contribution in [3.8, 4) is 11.1 Å². The van der Waals surface area contributed by atoms with E-state index in [4.69, 9.17) is 4.74 Å². The molecule has 0 aliphatic carbocycles. The molecular formula is C22H20FN3O3. The lowest BCUT2D eigenvalue weighted by atomic mass is 10.1. The Hall–Kier alpha value is -3.61. The molecular weight excluding hydrogens is 373 g/mol. The number of benzene rings is 2. The van der Waals surface area contributed by atoms with Gasteiger partial charge in [-0.3, -0.25) is 4.79 Å². The first-order valence-corrected chi connectivity index (χ1v) is 9.29. The molecule has 2 amide bonds. The number of rotatable bonds is 5. The van der Waals surface area contributed by atoms with E-state index in [1.165, 1.54) is 12.1 Å². The highest BCUT2D eigenvalue weighted by atomic mass is 19.1. The van der Waals surface area contributed by atoms with E-state index in [1.807, 2.05) is 30.3 Å². The van der Waals surface area contributed by atoms with Gasteiger partial charge in [-0.2, -0.15) is 0 Å². The van der Waals surface area contributed by atoms with Crippen molar-refractivity contribution in [1.82, 2.24) is 15.2 Å². The van der Waals surface area contributed by atoms with Gasteiger partial charge >= 0.3 is 6.09 Å². The number of halogens is 1. The Labute approximate surface area is 167 Å². The number of aromatic amines is 1. The fourth-order valence-corrected chi connectivity index (χ4v) is 3.16. The van der Waals surface area contributed by atoms with Crippen molar-refractivity contribution in [2.75, 3.05) is 13.1 Å². The van der Waals surface area contributed by atoms with Crippen molar-refractivity contribution >= 4 is 12.0 Å². The molecule has 6 nitrogen and oxygen atoms in total. The predicted molar refractivity (Wildman–Crippen MR) is 106 cm³/mol. The van der Waals surface area contributed by atoms with Gasteiger partial charge in [0.2, 0.25) is 0 Å². The maximum Gasteiger partial charge on any atom is 0.407 e. The number of hydrogen-bond acceptors (Lipinski definition) is 3. The molecule has 0 bridgehead atoms. The van der Waals surface area contributed by atoms with Crippen LogP contribution in [0.1, 0.15) is 16.1 Å². The fraction of sp³-hybridized carbons (Fsp3) is 0.182. The third kappa shape index (κ3) is 4.45. The molecule has 1 fully saturated rings. The van der Waals surface area contributed by atoms with Crippen LogP contribution in [0.15, 0.2) is 66.9 Å². The molecule has 0 atom stereocenters. The molecule has 0 radical (unpaired) electrons. The second-order valence-corrected chi connectivity index (χ2v) is 6.92. The Morgan fingerprint density at radius 2 is 1.79 bits per heavy atom. The molecule has 1 aliphatic heterocycles. The Kier molecular flexibility index (Phi) is 5.29. The zero-order valence-electron chi connectivity index (χ0n) is 15.6. The van der Waals surface area contributed by atoms with E-state index in [0.29, 0.717) is 18.8 Å². The van der Waals surface area contributed by atoms with Crippen LogP contribution in [0.4, 0.5) is 9.18 Å². The molecule has 1 saturated heterocycles. The molecule has 29 heavy (non-hydrogen) atoms. The summed E-state index contributed by atoms with van der Waals surface area (Å²) in [5.74, 6) is -0.448. The number of ether oxygens (including phenoxy) is 1. The molecule has 0 unspecified atom stereocenters. The first-order valence-electron chi connectivity index (χ1n) is 9.29. The van der Waals surface area contributed by atoms with Gasteiger partial charge < -0.3 is 19.9 Å². The van der Waals surface area contributed by atoms with Gasteiger partial charge in [-0.25, -0.2) is 9.18 Å². The molecule has 3 aromatic rings. The molecule has 7 heteroatoms. The maximum atomic E-state index is 13.0. The fourth-order valence-electron chi connectivity index (χ4n) is 3.16. The molecule has 1 aromatic heterocycles. The van der Waals surface area contributed by atoms with E-state index < -0.39 is 6.09 Å². The van der Waals surface area contributed by atoms with Crippen molar-refractivity contribution in [2.24, 2.45) is 0 Å². The summed E-state index contributed by atoms with van der Waals surface area (Å²) >= 11 is 0. The van der Waals surface area contributed by atoms with E-state index in [2.05, 4.69) is 10.3 Å². The number of carbonyl (C=O) groups is 2. The van der Waals surface area contributed by atoms with Crippen molar-refractivity contribution in [2.45, 2.75) is 12.6 Å². The number of alkyl carbamates (subject to hydrolysis) is 1. The van der Waals surface area contributed by atoms with Crippen molar-refractivity contribution in [3.63, 3.8) is 0 Å². The average Bonchev–Trinajstić information content (AvgIpc) is 3.20. The van der Waals surface area contributed by atoms with Gasteiger partial charge in [0.1, 0.15) is 18.1 Å². The molecule has 2 aromatic carbocycles. The monoisotopic (exact) mass is 393 g/mol. The minimum Gasteiger partial charge on any atom is -0.445 e. The van der Waals surface area contributed by atoms with Crippen LogP contribution in [-0.4, -0.2) is 41.0 Å². The molecule has 148 valence electrons. The SMILES string of the molecule is O=C(NC1CN(C(=O)c2cc(-c3ccc(F)cc3)c[nH]2)C1)OCc1ccccc1. The number of amides is 2. The smallest absolute Gasteiger partial charge is 0.407 e. The molecule has 4 rings (SSSR count). The third-order valence-electron chi connectivity index (χ3n) is 4.79. The summed E-state index contributed by atoms with van der Waals surface area (Å²) < 4.78 is 18.2. The number of aromatic nitrogens is 1. The summed E-state index contributed by atoms with van der Waals surface area (Å²) in [6, 6.07) is 17.1. The van der Waals surface area contributed by atoms with E-state index in [-0.39, 0.29) is 24.4 Å². The number of carbonyl (C=O) groups excluding carboxylic acids is 2. The lowest BCUT2D eigenvalue weighted by molar-refractivity contribution is 0.0540. The van der Waals surface area contributed by atoms with Gasteiger partial charge in [-0.05, 0) is 34.9 Å². The van der Waals surface area contributed by atoms with Crippen LogP contribution in [0.3, 0.4) is 0 Å². The van der Waals surface area contributed by atoms with Crippen LogP contribution in [0.25, 0.3) is 11.1 Å². The number of nitrogens with zero attached hydrogens (tertiary/aromatic N) is 1. The largest absolute Gasteiger partial charge is 0.445 e. The summed E-state index contributed by atoms with van der Waals surface area (Å²) in [5.41, 5.74) is 3.00. The van der Waals surface area contributed by atoms with Crippen LogP contribution in [0.5, 0.6) is 0 Å². The first kappa shape index (κ1) is 18.7. The van der Waals surface area contributed by atoms with Gasteiger partial charge in [0.05, 0.1) is 6.04 Å². The molecule has 2 N–H and O–H groups in total. The summed E-state index contributed by atoms with van der Waals surface area (Å²) in [4.78, 5) is 29.0. The van der Waals surface area contributed by atoms with E-state index in [1.54, 1.807) is 29.3 Å². The molecule has 0 spiro atoms. The van der Waals surface area contributed by atoms with Gasteiger partial charge in [0.25, 0.3) is 5.91 Å². The molecule has 2 heterocycles. The second-order valence-electron chi connectivity index (χ2n) is 6.92. The van der Waals surface area contributed by atoms with Gasteiger partial charge in [-0.15, -0.1) is 0 Å². The van der Waals surface area contributed by atoms with Crippen LogP contribution in [-0.2, 0) is 11.3 Å². The van der Waals surface area contributed by atoms with Crippen molar-refractivity contribution in [3.05, 3.63) is 83.9 Å². The highest BCUT2D eigenvalue weighted by molar-refractivity contribution is 5.94. The van der Waals surface area contributed by atoms with E-state index in [0.717, 1.165) is 16.7 Å². The Bertz CT molecular complexity index is 996. The van der Waals surface area contributed by atoms with Crippen LogP contribution in [0.2, 0.25) is 0 Å². The minimum absolute atomic E-state index is 0.131. The number of nitrogens with one attached hydrogen (secondary N) is 2. The maximum absolute atomic E-state index is 13.0. The highest BCUT2D eigenvalue weighted by Crippen LogP contribution is 2.22. The van der Waals surface area contributed by atoms with Gasteiger partial charge in [0, 0.05) is 19.3 Å². The quantitative estimate of drug-likeness (QED) is 0.696. The summed E-state index contributed by atoms with van der Waals surface area (Å²) in [6.07, 6.45) is 1.22. The van der Waals surface area contributed by atoms with Crippen molar-refractivity contribution in [1.29, 1.82) is 0 Å². The standard InChI is InChI=1S/C22H20FN3O3/c23-18-8-6-16(7-9-18)17-10-20(24-11-17)21(27)26-12-19(13-26)25-22(28)29-14-15-4-2-1-3-5-15/h1-11,19,24H,12-14H2,(H,25,28). The van der Waals surface area contributed by atoms with Gasteiger partial charge in [0.15, 0.2) is 0 Å². The number of hydrogen-bond donors (Lipinski definition) is 2. The normalized spacial score (nSPS) is 13.6. The number of likely N-dealkylation sites (tertiary alicyclic amines) is 1. The summed E-state index contributed by atoms with van der Waals surface area (Å²) in [5, 5.41) is 2.76. The molecule has 1 aliphatic rings. The highest BCUT2D eigenvalue weighted by Gasteiger charge is 2.33. The lowest BCUT2D eigenvalue weighted by Crippen LogP contribution is -2.61. The van der Waals surface area contributed by atoms with Crippen LogP contribution >= 0.6 is 0 Å². The molecule has 0 saturated carbocycles. The third-order valence-corrected chi connectivity index (χ3v) is 4.79. The minimum atomic E-state index is -0.496. The Balaban J connectivity index is 1.25. The average molecular weight is 393 g/mol. The topological polar surface area (TPSA) is 74.4 Å².